The molecule has 1 amide bonds. The molecule has 0 spiro atoms. The zero-order valence-corrected chi connectivity index (χ0v) is 19.8. The van der Waals surface area contributed by atoms with E-state index in [4.69, 9.17) is 14.2 Å². The minimum absolute atomic E-state index is 0.0355. The van der Waals surface area contributed by atoms with Gasteiger partial charge in [-0.15, -0.1) is 0 Å². The highest BCUT2D eigenvalue weighted by molar-refractivity contribution is 5.82. The van der Waals surface area contributed by atoms with Gasteiger partial charge in [0.15, 0.2) is 6.29 Å². The molecule has 2 N–H and O–H groups in total. The summed E-state index contributed by atoms with van der Waals surface area (Å²) in [6, 6.07) is 2.84. The molecule has 9 nitrogen and oxygen atoms in total. The topological polar surface area (TPSA) is 97.8 Å². The molecule has 2 unspecified atom stereocenters. The molecule has 2 aromatic rings. The maximum Gasteiger partial charge on any atom is 0.275 e. The van der Waals surface area contributed by atoms with Gasteiger partial charge in [-0.05, 0) is 13.8 Å². The maximum absolute atomic E-state index is 15.6. The molecule has 1 aromatic heterocycles. The number of aryl methyl sites for hydroxylation is 1. The van der Waals surface area contributed by atoms with Crippen LogP contribution in [0.3, 0.4) is 0 Å². The van der Waals surface area contributed by atoms with Crippen molar-refractivity contribution in [1.29, 1.82) is 0 Å². The lowest BCUT2D eigenvalue weighted by atomic mass is 10.0. The van der Waals surface area contributed by atoms with Gasteiger partial charge in [0.05, 0.1) is 49.3 Å². The van der Waals surface area contributed by atoms with E-state index >= 15 is 4.39 Å². The van der Waals surface area contributed by atoms with Gasteiger partial charge < -0.3 is 19.5 Å². The third kappa shape index (κ3) is 5.75. The van der Waals surface area contributed by atoms with Crippen LogP contribution in [0.1, 0.15) is 60.1 Å². The number of hydrogen-bond donors (Lipinski definition) is 2. The Balaban J connectivity index is 1.67. The van der Waals surface area contributed by atoms with Crippen molar-refractivity contribution >= 4 is 11.7 Å². The normalized spacial score (nSPS) is 18.9. The van der Waals surface area contributed by atoms with Gasteiger partial charge in [-0.3, -0.25) is 10.2 Å². The molecule has 196 valence electrons. The van der Waals surface area contributed by atoms with Gasteiger partial charge in [-0.1, -0.05) is 18.2 Å². The van der Waals surface area contributed by atoms with Crippen LogP contribution in [-0.4, -0.2) is 60.4 Å². The third-order valence-corrected chi connectivity index (χ3v) is 5.81. The number of amides is 1. The van der Waals surface area contributed by atoms with Gasteiger partial charge in [-0.25, -0.2) is 32.5 Å². The highest BCUT2D eigenvalue weighted by Crippen LogP contribution is 2.37. The molecule has 0 radical (unpaired) electrons. The summed E-state index contributed by atoms with van der Waals surface area (Å²) < 4.78 is 73.1. The Hall–Kier alpha value is -2.87. The van der Waals surface area contributed by atoms with E-state index in [0.717, 1.165) is 6.07 Å². The summed E-state index contributed by atoms with van der Waals surface area (Å²) in [7, 11) is 0. The number of aromatic nitrogens is 2. The molecule has 0 aliphatic carbocycles. The number of halogens is 4. The lowest BCUT2D eigenvalue weighted by Gasteiger charge is -2.28. The Morgan fingerprint density at radius 3 is 2.42 bits per heavy atom. The highest BCUT2D eigenvalue weighted by Gasteiger charge is 2.35. The lowest BCUT2D eigenvalue weighted by molar-refractivity contribution is -0.133. The van der Waals surface area contributed by atoms with Gasteiger partial charge in [0.2, 0.25) is 6.17 Å². The number of anilines is 1. The molecule has 3 heterocycles. The maximum atomic E-state index is 15.6. The van der Waals surface area contributed by atoms with Crippen LogP contribution in [0.5, 0.6) is 0 Å². The Morgan fingerprint density at radius 2 is 1.75 bits per heavy atom. The number of alkyl halides is 3. The van der Waals surface area contributed by atoms with Crippen LogP contribution in [0, 0.1) is 12.7 Å². The average Bonchev–Trinajstić information content (AvgIpc) is 3.38. The van der Waals surface area contributed by atoms with Crippen molar-refractivity contribution in [3.05, 3.63) is 52.2 Å². The number of carbonyl (C=O) groups is 1. The summed E-state index contributed by atoms with van der Waals surface area (Å²) in [5.41, 5.74) is 1.53. The summed E-state index contributed by atoms with van der Waals surface area (Å²) in [5.74, 6) is -1.82. The van der Waals surface area contributed by atoms with Gasteiger partial charge in [-0.2, -0.15) is 0 Å². The van der Waals surface area contributed by atoms with Crippen LogP contribution in [0.4, 0.5) is 23.4 Å². The van der Waals surface area contributed by atoms with E-state index in [1.165, 1.54) is 19.1 Å². The molecule has 13 heteroatoms. The molecule has 1 aromatic carbocycles. The summed E-state index contributed by atoms with van der Waals surface area (Å²) in [6.45, 7) is 5.08. The molecular formula is C23H27F4N5O4. The van der Waals surface area contributed by atoms with Crippen LogP contribution >= 0.6 is 0 Å². The Morgan fingerprint density at radius 1 is 1.08 bits per heavy atom. The third-order valence-electron chi connectivity index (χ3n) is 5.81. The molecule has 2 saturated heterocycles. The first-order valence-corrected chi connectivity index (χ1v) is 11.5. The molecule has 0 saturated carbocycles. The number of ether oxygens (including phenoxy) is 3. The molecule has 0 bridgehead atoms. The number of nitrogens with one attached hydrogen (secondary N) is 2. The molecule has 4 rings (SSSR count). The predicted molar refractivity (Wildman–Crippen MR) is 119 cm³/mol. The first-order chi connectivity index (χ1) is 17.3. The SMILES string of the molecule is Cc1nc(NC(C)c2cccc(C(F)F)c2F)c(C2OCCO2)c(C(F)C(=O)NN2CCOCC2)n1. The fourth-order valence-corrected chi connectivity index (χ4v) is 4.03. The van der Waals surface area contributed by atoms with E-state index in [0.29, 0.717) is 26.3 Å². The van der Waals surface area contributed by atoms with Crippen molar-refractivity contribution in [1.82, 2.24) is 20.4 Å². The minimum atomic E-state index is -2.99. The highest BCUT2D eigenvalue weighted by atomic mass is 19.3. The van der Waals surface area contributed by atoms with Crippen LogP contribution in [-0.2, 0) is 19.0 Å². The Kier molecular flexibility index (Phi) is 8.34. The molecule has 2 atom stereocenters. The summed E-state index contributed by atoms with van der Waals surface area (Å²) >= 11 is 0. The smallest absolute Gasteiger partial charge is 0.275 e. The first kappa shape index (κ1) is 26.2. The number of benzene rings is 1. The number of hydrogen-bond acceptors (Lipinski definition) is 8. The van der Waals surface area contributed by atoms with Crippen molar-refractivity contribution in [3.63, 3.8) is 0 Å². The van der Waals surface area contributed by atoms with Gasteiger partial charge in [0.25, 0.3) is 12.3 Å². The molecular weight excluding hydrogens is 486 g/mol. The summed E-state index contributed by atoms with van der Waals surface area (Å²) in [6.07, 6.45) is -6.27. The van der Waals surface area contributed by atoms with Gasteiger partial charge in [0, 0.05) is 18.7 Å². The monoisotopic (exact) mass is 513 g/mol. The standard InChI is InChI=1S/C23H27F4N5O4/c1-12(14-4-3-5-15(17(14)24)20(26)27)28-21-16(23-35-10-11-36-23)19(29-13(2)30-21)18(25)22(33)31-32-6-8-34-9-7-32/h3-5,12,18,20,23H,6-11H2,1-2H3,(H,31,33)(H,28,29,30). The van der Waals surface area contributed by atoms with E-state index < -0.39 is 42.2 Å². The number of carbonyl (C=O) groups excluding carboxylic acids is 1. The number of morpholine rings is 1. The predicted octanol–water partition coefficient (Wildman–Crippen LogP) is 3.45. The fourth-order valence-electron chi connectivity index (χ4n) is 4.03. The average molecular weight is 513 g/mol. The van der Waals surface area contributed by atoms with E-state index in [9.17, 15) is 18.0 Å². The summed E-state index contributed by atoms with van der Waals surface area (Å²) in [4.78, 5) is 21.2. The number of nitrogens with zero attached hydrogens (tertiary/aromatic N) is 3. The van der Waals surface area contributed by atoms with Gasteiger partial charge in [0.1, 0.15) is 17.5 Å². The Labute approximate surface area is 205 Å². The lowest BCUT2D eigenvalue weighted by Crippen LogP contribution is -2.49. The van der Waals surface area contributed by atoms with Gasteiger partial charge >= 0.3 is 0 Å². The second-order valence-electron chi connectivity index (χ2n) is 8.35. The quantitative estimate of drug-likeness (QED) is 0.518. The molecule has 2 aliphatic heterocycles. The van der Waals surface area contributed by atoms with Crippen molar-refractivity contribution in [2.75, 3.05) is 44.8 Å². The van der Waals surface area contributed by atoms with Crippen LogP contribution in [0.25, 0.3) is 0 Å². The number of rotatable bonds is 8. The fraction of sp³-hybridized carbons (Fsp3) is 0.522. The molecule has 2 fully saturated rings. The number of hydrazine groups is 1. The zero-order valence-electron chi connectivity index (χ0n) is 19.8. The van der Waals surface area contributed by atoms with Crippen molar-refractivity contribution in [3.8, 4) is 0 Å². The largest absolute Gasteiger partial charge is 0.379 e. The van der Waals surface area contributed by atoms with Crippen molar-refractivity contribution in [2.45, 2.75) is 38.8 Å². The van der Waals surface area contributed by atoms with Crippen LogP contribution < -0.4 is 10.7 Å². The van der Waals surface area contributed by atoms with Crippen LogP contribution in [0.15, 0.2) is 18.2 Å². The van der Waals surface area contributed by atoms with Crippen molar-refractivity contribution in [2.24, 2.45) is 0 Å². The van der Waals surface area contributed by atoms with E-state index in [-0.39, 0.29) is 41.7 Å². The van der Waals surface area contributed by atoms with E-state index in [1.807, 2.05) is 0 Å². The first-order valence-electron chi connectivity index (χ1n) is 11.5. The van der Waals surface area contributed by atoms with E-state index in [1.54, 1.807) is 11.9 Å². The van der Waals surface area contributed by atoms with Crippen molar-refractivity contribution < 1.29 is 36.6 Å². The molecule has 36 heavy (non-hydrogen) atoms. The second-order valence-corrected chi connectivity index (χ2v) is 8.35. The summed E-state index contributed by atoms with van der Waals surface area (Å²) in [5, 5.41) is 4.50. The molecule has 2 aliphatic rings. The Bertz CT molecular complexity index is 1080. The zero-order chi connectivity index (χ0) is 25.8. The van der Waals surface area contributed by atoms with Crippen LogP contribution in [0.2, 0.25) is 0 Å². The minimum Gasteiger partial charge on any atom is -0.379 e. The van der Waals surface area contributed by atoms with E-state index in [2.05, 4.69) is 20.7 Å². The second kappa shape index (κ2) is 11.5.